The molecule has 0 unspecified atom stereocenters. The van der Waals surface area contributed by atoms with Gasteiger partial charge in [-0.15, -0.1) is 0 Å². The molecule has 0 spiro atoms. The van der Waals surface area contributed by atoms with E-state index in [4.69, 9.17) is 28.6 Å². The zero-order valence-electron chi connectivity index (χ0n) is 12.3. The van der Waals surface area contributed by atoms with Crippen LogP contribution in [-0.4, -0.2) is 23.8 Å². The van der Waals surface area contributed by atoms with Gasteiger partial charge < -0.3 is 15.4 Å². The number of anilines is 1. The van der Waals surface area contributed by atoms with Crippen molar-refractivity contribution in [3.05, 3.63) is 53.2 Å². The van der Waals surface area contributed by atoms with Gasteiger partial charge in [0.15, 0.2) is 5.11 Å². The molecular formula is C16H18ClN3OS. The Morgan fingerprint density at radius 2 is 2.00 bits per heavy atom. The second kappa shape index (κ2) is 8.56. The Labute approximate surface area is 140 Å². The maximum absolute atomic E-state index is 5.86. The number of pyridine rings is 1. The topological polar surface area (TPSA) is 46.2 Å². The quantitative estimate of drug-likeness (QED) is 0.623. The van der Waals surface area contributed by atoms with Gasteiger partial charge in [-0.3, -0.25) is 0 Å². The van der Waals surface area contributed by atoms with Gasteiger partial charge in [-0.2, -0.15) is 0 Å². The molecule has 0 radical (unpaired) electrons. The first kappa shape index (κ1) is 16.5. The molecule has 1 aromatic carbocycles. The zero-order valence-corrected chi connectivity index (χ0v) is 13.9. The number of benzene rings is 1. The van der Waals surface area contributed by atoms with E-state index in [-0.39, 0.29) is 0 Å². The van der Waals surface area contributed by atoms with Crippen LogP contribution in [0, 0.1) is 0 Å². The van der Waals surface area contributed by atoms with E-state index in [1.807, 2.05) is 30.3 Å². The molecule has 1 heterocycles. The number of aromatic nitrogens is 1. The number of halogens is 1. The fourth-order valence-electron chi connectivity index (χ4n) is 1.90. The highest BCUT2D eigenvalue weighted by Crippen LogP contribution is 2.11. The lowest BCUT2D eigenvalue weighted by molar-refractivity contribution is 0.398. The lowest BCUT2D eigenvalue weighted by Gasteiger charge is -2.10. The number of nitrogens with zero attached hydrogens (tertiary/aromatic N) is 1. The first-order valence-corrected chi connectivity index (χ1v) is 7.75. The molecule has 0 aliphatic carbocycles. The van der Waals surface area contributed by atoms with Crippen LogP contribution in [0.1, 0.15) is 12.0 Å². The van der Waals surface area contributed by atoms with Crippen molar-refractivity contribution in [1.29, 1.82) is 0 Å². The van der Waals surface area contributed by atoms with E-state index in [0.29, 0.717) is 11.0 Å². The molecule has 0 aliphatic rings. The largest absolute Gasteiger partial charge is 0.481 e. The third-order valence-electron chi connectivity index (χ3n) is 3.04. The van der Waals surface area contributed by atoms with Crippen molar-refractivity contribution in [2.45, 2.75) is 12.8 Å². The van der Waals surface area contributed by atoms with Gasteiger partial charge >= 0.3 is 0 Å². The van der Waals surface area contributed by atoms with Crippen LogP contribution in [0.15, 0.2) is 42.6 Å². The van der Waals surface area contributed by atoms with Gasteiger partial charge in [0.2, 0.25) is 5.88 Å². The molecule has 1 aromatic heterocycles. The number of ether oxygens (including phenoxy) is 1. The number of hydrogen-bond acceptors (Lipinski definition) is 3. The van der Waals surface area contributed by atoms with Crippen molar-refractivity contribution in [2.24, 2.45) is 0 Å². The number of rotatable bonds is 6. The van der Waals surface area contributed by atoms with E-state index in [1.54, 1.807) is 19.4 Å². The van der Waals surface area contributed by atoms with Gasteiger partial charge in [0, 0.05) is 17.6 Å². The van der Waals surface area contributed by atoms with Crippen LogP contribution in [0.3, 0.4) is 0 Å². The van der Waals surface area contributed by atoms with Gasteiger partial charge in [-0.1, -0.05) is 23.7 Å². The summed E-state index contributed by atoms with van der Waals surface area (Å²) in [6.45, 7) is 0.804. The van der Waals surface area contributed by atoms with E-state index >= 15 is 0 Å². The molecule has 116 valence electrons. The van der Waals surface area contributed by atoms with Gasteiger partial charge in [-0.25, -0.2) is 4.98 Å². The Balaban J connectivity index is 1.67. The monoisotopic (exact) mass is 335 g/mol. The van der Waals surface area contributed by atoms with Crippen LogP contribution in [-0.2, 0) is 6.42 Å². The summed E-state index contributed by atoms with van der Waals surface area (Å²) in [5.41, 5.74) is 2.10. The normalized spacial score (nSPS) is 10.1. The number of nitrogens with one attached hydrogen (secondary N) is 2. The Bertz CT molecular complexity index is 602. The van der Waals surface area contributed by atoms with E-state index < -0.39 is 0 Å². The summed E-state index contributed by atoms with van der Waals surface area (Å²) in [5.74, 6) is 0.576. The second-order valence-corrected chi connectivity index (χ2v) is 5.54. The predicted octanol–water partition coefficient (Wildman–Crippen LogP) is 3.66. The van der Waals surface area contributed by atoms with Crippen LogP contribution in [0.2, 0.25) is 5.02 Å². The summed E-state index contributed by atoms with van der Waals surface area (Å²) in [7, 11) is 1.59. The van der Waals surface area contributed by atoms with Crippen molar-refractivity contribution < 1.29 is 4.74 Å². The third kappa shape index (κ3) is 5.50. The van der Waals surface area contributed by atoms with Gasteiger partial charge in [-0.05, 0) is 48.8 Å². The van der Waals surface area contributed by atoms with Gasteiger partial charge in [0.25, 0.3) is 0 Å². The minimum absolute atomic E-state index is 0.576. The fraction of sp³-hybridized carbons (Fsp3) is 0.250. The molecular weight excluding hydrogens is 318 g/mol. The Morgan fingerprint density at radius 1 is 1.23 bits per heavy atom. The number of hydrogen-bond donors (Lipinski definition) is 2. The smallest absolute Gasteiger partial charge is 0.213 e. The van der Waals surface area contributed by atoms with Crippen LogP contribution in [0.5, 0.6) is 5.88 Å². The van der Waals surface area contributed by atoms with E-state index in [1.165, 1.54) is 5.56 Å². The highest BCUT2D eigenvalue weighted by molar-refractivity contribution is 7.80. The first-order chi connectivity index (χ1) is 10.7. The average Bonchev–Trinajstić information content (AvgIpc) is 2.54. The molecule has 0 atom stereocenters. The molecule has 2 rings (SSSR count). The zero-order chi connectivity index (χ0) is 15.8. The maximum Gasteiger partial charge on any atom is 0.213 e. The SMILES string of the molecule is COc1ccc(NC(=S)NCCCc2ccc(Cl)cc2)cn1. The lowest BCUT2D eigenvalue weighted by Crippen LogP contribution is -2.29. The predicted molar refractivity (Wildman–Crippen MR) is 94.8 cm³/mol. The fourth-order valence-corrected chi connectivity index (χ4v) is 2.24. The molecule has 2 aromatic rings. The van der Waals surface area contributed by atoms with Crippen molar-refractivity contribution in [2.75, 3.05) is 19.0 Å². The molecule has 0 amide bonds. The lowest BCUT2D eigenvalue weighted by atomic mass is 10.1. The number of thiocarbonyl (C=S) groups is 1. The summed E-state index contributed by atoms with van der Waals surface area (Å²) < 4.78 is 5.01. The molecule has 22 heavy (non-hydrogen) atoms. The minimum atomic E-state index is 0.576. The summed E-state index contributed by atoms with van der Waals surface area (Å²) in [4.78, 5) is 4.11. The molecule has 0 bridgehead atoms. The van der Waals surface area contributed by atoms with Gasteiger partial charge in [0.1, 0.15) is 0 Å². The van der Waals surface area contributed by atoms with Crippen molar-refractivity contribution in [1.82, 2.24) is 10.3 Å². The molecule has 0 aliphatic heterocycles. The van der Waals surface area contributed by atoms with Crippen LogP contribution in [0.25, 0.3) is 0 Å². The summed E-state index contributed by atoms with van der Waals surface area (Å²) in [6.07, 6.45) is 3.65. The first-order valence-electron chi connectivity index (χ1n) is 6.97. The minimum Gasteiger partial charge on any atom is -0.481 e. The molecule has 4 nitrogen and oxygen atoms in total. The van der Waals surface area contributed by atoms with Crippen molar-refractivity contribution in [3.63, 3.8) is 0 Å². The van der Waals surface area contributed by atoms with Crippen molar-refractivity contribution >= 4 is 34.6 Å². The Morgan fingerprint density at radius 3 is 2.64 bits per heavy atom. The maximum atomic E-state index is 5.86. The third-order valence-corrected chi connectivity index (χ3v) is 3.54. The molecule has 0 saturated heterocycles. The van der Waals surface area contributed by atoms with Crippen LogP contribution >= 0.6 is 23.8 Å². The van der Waals surface area contributed by atoms with Gasteiger partial charge in [0.05, 0.1) is 19.0 Å². The van der Waals surface area contributed by atoms with E-state index in [9.17, 15) is 0 Å². The summed E-state index contributed by atoms with van der Waals surface area (Å²) in [5, 5.41) is 7.61. The average molecular weight is 336 g/mol. The Hall–Kier alpha value is -1.85. The highest BCUT2D eigenvalue weighted by atomic mass is 35.5. The standard InChI is InChI=1S/C16H18ClN3OS/c1-21-15-9-8-14(11-19-15)20-16(22)18-10-2-3-12-4-6-13(17)7-5-12/h4-9,11H,2-3,10H2,1H3,(H2,18,20,22). The molecule has 0 fully saturated rings. The van der Waals surface area contributed by atoms with Crippen LogP contribution in [0.4, 0.5) is 5.69 Å². The summed E-state index contributed by atoms with van der Waals surface area (Å²) in [6, 6.07) is 11.6. The van der Waals surface area contributed by atoms with Crippen molar-refractivity contribution in [3.8, 4) is 5.88 Å². The van der Waals surface area contributed by atoms with E-state index in [2.05, 4.69) is 15.6 Å². The summed E-state index contributed by atoms with van der Waals surface area (Å²) >= 11 is 11.1. The highest BCUT2D eigenvalue weighted by Gasteiger charge is 1.99. The molecule has 6 heteroatoms. The van der Waals surface area contributed by atoms with Crippen LogP contribution < -0.4 is 15.4 Å². The Kier molecular flexibility index (Phi) is 6.43. The number of aryl methyl sites for hydroxylation is 1. The molecule has 0 saturated carbocycles. The number of methoxy groups -OCH3 is 1. The second-order valence-electron chi connectivity index (χ2n) is 4.70. The molecule has 2 N–H and O–H groups in total. The van der Waals surface area contributed by atoms with E-state index in [0.717, 1.165) is 30.1 Å².